The summed E-state index contributed by atoms with van der Waals surface area (Å²) < 4.78 is 5.07. The van der Waals surface area contributed by atoms with E-state index in [2.05, 4.69) is 0 Å². The van der Waals surface area contributed by atoms with E-state index in [-0.39, 0.29) is 62.2 Å². The van der Waals surface area contributed by atoms with Crippen LogP contribution in [0.5, 0.6) is 0 Å². The van der Waals surface area contributed by atoms with Crippen molar-refractivity contribution in [1.29, 1.82) is 0 Å². The zero-order chi connectivity index (χ0) is 23.6. The normalized spacial score (nSPS) is 24.3. The third kappa shape index (κ3) is 4.40. The Balaban J connectivity index is 1.56. The molecule has 1 unspecified atom stereocenters. The monoisotopic (exact) mass is 455 g/mol. The van der Waals surface area contributed by atoms with Crippen LogP contribution >= 0.6 is 0 Å². The van der Waals surface area contributed by atoms with Crippen LogP contribution in [0.3, 0.4) is 0 Å². The molecule has 2 heterocycles. The van der Waals surface area contributed by atoms with Gasteiger partial charge in [-0.3, -0.25) is 24.1 Å². The van der Waals surface area contributed by atoms with Gasteiger partial charge in [-0.1, -0.05) is 37.1 Å². The Morgan fingerprint density at radius 2 is 1.82 bits per heavy atom. The van der Waals surface area contributed by atoms with Crippen molar-refractivity contribution in [2.75, 3.05) is 39.9 Å². The number of hydrogen-bond acceptors (Lipinski definition) is 5. The van der Waals surface area contributed by atoms with E-state index in [1.807, 2.05) is 36.1 Å². The molecule has 0 bridgehead atoms. The Kier molecular flexibility index (Phi) is 6.83. The molecule has 1 saturated carbocycles. The van der Waals surface area contributed by atoms with E-state index in [0.717, 1.165) is 31.2 Å². The van der Waals surface area contributed by atoms with Gasteiger partial charge in [0.15, 0.2) is 0 Å². The van der Waals surface area contributed by atoms with Crippen LogP contribution in [0, 0.1) is 6.92 Å². The van der Waals surface area contributed by atoms with Gasteiger partial charge in [-0.05, 0) is 30.9 Å². The van der Waals surface area contributed by atoms with Gasteiger partial charge in [0.05, 0.1) is 25.1 Å². The van der Waals surface area contributed by atoms with Crippen molar-refractivity contribution < 1.29 is 23.9 Å². The highest BCUT2D eigenvalue weighted by Gasteiger charge is 2.54. The summed E-state index contributed by atoms with van der Waals surface area (Å²) in [4.78, 5) is 57.4. The van der Waals surface area contributed by atoms with Gasteiger partial charge in [-0.25, -0.2) is 0 Å². The van der Waals surface area contributed by atoms with E-state index in [1.54, 1.807) is 4.90 Å². The second-order valence-corrected chi connectivity index (χ2v) is 9.43. The molecule has 1 atom stereocenters. The second-order valence-electron chi connectivity index (χ2n) is 9.43. The molecule has 1 aromatic rings. The molecule has 0 aromatic heterocycles. The minimum Gasteiger partial charge on any atom is -0.383 e. The van der Waals surface area contributed by atoms with Crippen LogP contribution in [0.1, 0.15) is 49.7 Å². The minimum atomic E-state index is -1.25. The molecule has 2 saturated heterocycles. The van der Waals surface area contributed by atoms with E-state index in [1.165, 1.54) is 12.0 Å². The molecule has 0 radical (unpaired) electrons. The average molecular weight is 456 g/mol. The maximum Gasteiger partial charge on any atom is 0.242 e. The number of amides is 4. The van der Waals surface area contributed by atoms with Crippen LogP contribution in [-0.4, -0.2) is 84.3 Å². The third-order valence-electron chi connectivity index (χ3n) is 7.42. The van der Waals surface area contributed by atoms with Gasteiger partial charge >= 0.3 is 0 Å². The van der Waals surface area contributed by atoms with Gasteiger partial charge in [0.1, 0.15) is 0 Å². The fourth-order valence-electron chi connectivity index (χ4n) is 5.63. The lowest BCUT2D eigenvalue weighted by atomic mass is 9.74. The van der Waals surface area contributed by atoms with Gasteiger partial charge in [0.25, 0.3) is 0 Å². The summed E-state index contributed by atoms with van der Waals surface area (Å²) in [5, 5.41) is 0. The Morgan fingerprint density at radius 3 is 2.48 bits per heavy atom. The highest BCUT2D eigenvalue weighted by molar-refractivity contribution is 6.11. The Labute approximate surface area is 194 Å². The maximum absolute atomic E-state index is 13.6. The molecule has 0 spiro atoms. The van der Waals surface area contributed by atoms with Crippen molar-refractivity contribution in [1.82, 2.24) is 14.7 Å². The lowest BCUT2D eigenvalue weighted by Gasteiger charge is -2.39. The quantitative estimate of drug-likeness (QED) is 0.584. The number of ether oxygens (including phenoxy) is 1. The zero-order valence-corrected chi connectivity index (χ0v) is 19.5. The van der Waals surface area contributed by atoms with Crippen molar-refractivity contribution in [2.45, 2.75) is 56.9 Å². The Morgan fingerprint density at radius 1 is 1.09 bits per heavy atom. The molecule has 8 nitrogen and oxygen atoms in total. The van der Waals surface area contributed by atoms with Crippen LogP contribution in [0.25, 0.3) is 0 Å². The number of methoxy groups -OCH3 is 1. The molecule has 2 aliphatic heterocycles. The van der Waals surface area contributed by atoms with Crippen LogP contribution in [0.15, 0.2) is 24.3 Å². The van der Waals surface area contributed by atoms with Crippen LogP contribution in [0.4, 0.5) is 0 Å². The van der Waals surface area contributed by atoms with Gasteiger partial charge in [-0.2, -0.15) is 0 Å². The molecule has 3 aliphatic rings. The van der Waals surface area contributed by atoms with E-state index in [9.17, 15) is 19.2 Å². The molecule has 1 aliphatic carbocycles. The first-order chi connectivity index (χ1) is 15.9. The molecular formula is C25H33N3O5. The first-order valence-electron chi connectivity index (χ1n) is 11.8. The molecule has 178 valence electrons. The number of nitrogens with zero attached hydrogens (tertiary/aromatic N) is 3. The zero-order valence-electron chi connectivity index (χ0n) is 19.5. The first kappa shape index (κ1) is 23.4. The lowest BCUT2D eigenvalue weighted by Crippen LogP contribution is -2.56. The molecular weight excluding hydrogens is 422 g/mol. The number of rotatable bonds is 7. The van der Waals surface area contributed by atoms with Gasteiger partial charge in [0, 0.05) is 39.1 Å². The molecule has 33 heavy (non-hydrogen) atoms. The van der Waals surface area contributed by atoms with Crippen molar-refractivity contribution >= 4 is 23.6 Å². The summed E-state index contributed by atoms with van der Waals surface area (Å²) in [6, 6.07) is 7.71. The van der Waals surface area contributed by atoms with Gasteiger partial charge < -0.3 is 14.5 Å². The van der Waals surface area contributed by atoms with E-state index in [0.29, 0.717) is 18.7 Å². The predicted octanol–water partition coefficient (Wildman–Crippen LogP) is 1.64. The number of aryl methyl sites for hydroxylation is 1. The largest absolute Gasteiger partial charge is 0.383 e. The van der Waals surface area contributed by atoms with Gasteiger partial charge in [0.2, 0.25) is 23.6 Å². The minimum absolute atomic E-state index is 0.0259. The number of piperazine rings is 1. The standard InChI is InChI=1S/C25H33N3O5/c1-18-7-3-6-10-20(18)25(16-22(30)28(24(25)32)13-14-33-2)15-21(29)26-11-12-27(23(31)17-26)19-8-4-5-9-19/h3,6-7,10,19H,4-5,8-9,11-17H2,1-2H3. The first-order valence-corrected chi connectivity index (χ1v) is 11.8. The topological polar surface area (TPSA) is 87.2 Å². The summed E-state index contributed by atoms with van der Waals surface area (Å²) in [7, 11) is 1.52. The molecule has 8 heteroatoms. The van der Waals surface area contributed by atoms with Crippen molar-refractivity contribution in [3.63, 3.8) is 0 Å². The van der Waals surface area contributed by atoms with Gasteiger partial charge in [-0.15, -0.1) is 0 Å². The summed E-state index contributed by atoms with van der Waals surface area (Å²) in [6.07, 6.45) is 4.18. The molecule has 4 amide bonds. The third-order valence-corrected chi connectivity index (χ3v) is 7.42. The number of carbonyl (C=O) groups excluding carboxylic acids is 4. The lowest BCUT2D eigenvalue weighted by molar-refractivity contribution is -0.149. The number of likely N-dealkylation sites (tertiary alicyclic amines) is 1. The fourth-order valence-corrected chi connectivity index (χ4v) is 5.63. The number of carbonyl (C=O) groups is 4. The Hall–Kier alpha value is -2.74. The summed E-state index contributed by atoms with van der Waals surface area (Å²) in [5.41, 5.74) is 0.313. The van der Waals surface area contributed by atoms with Crippen LogP contribution in [0.2, 0.25) is 0 Å². The van der Waals surface area contributed by atoms with Crippen molar-refractivity contribution in [3.8, 4) is 0 Å². The molecule has 1 aromatic carbocycles. The molecule has 4 rings (SSSR count). The molecule has 3 fully saturated rings. The number of hydrogen-bond donors (Lipinski definition) is 0. The summed E-state index contributed by atoms with van der Waals surface area (Å²) in [6.45, 7) is 3.32. The smallest absolute Gasteiger partial charge is 0.242 e. The highest BCUT2D eigenvalue weighted by atomic mass is 16.5. The highest BCUT2D eigenvalue weighted by Crippen LogP contribution is 2.41. The molecule has 0 N–H and O–H groups in total. The van der Waals surface area contributed by atoms with Crippen molar-refractivity contribution in [2.24, 2.45) is 0 Å². The number of imide groups is 1. The Bertz CT molecular complexity index is 942. The summed E-state index contributed by atoms with van der Waals surface area (Å²) in [5.74, 6) is -0.937. The summed E-state index contributed by atoms with van der Waals surface area (Å²) >= 11 is 0. The maximum atomic E-state index is 13.6. The van der Waals surface area contributed by atoms with E-state index < -0.39 is 5.41 Å². The second kappa shape index (κ2) is 9.63. The average Bonchev–Trinajstić information content (AvgIpc) is 3.40. The predicted molar refractivity (Wildman–Crippen MR) is 121 cm³/mol. The van der Waals surface area contributed by atoms with Crippen LogP contribution in [-0.2, 0) is 29.3 Å². The number of benzene rings is 1. The van der Waals surface area contributed by atoms with E-state index >= 15 is 0 Å². The van der Waals surface area contributed by atoms with Crippen LogP contribution < -0.4 is 0 Å². The fraction of sp³-hybridized carbons (Fsp3) is 0.600. The SMILES string of the molecule is COCCN1C(=O)CC(CC(=O)N2CCN(C3CCCC3)C(=O)C2)(c2ccccc2C)C1=O. The van der Waals surface area contributed by atoms with Crippen molar-refractivity contribution in [3.05, 3.63) is 35.4 Å². The van der Waals surface area contributed by atoms with E-state index in [4.69, 9.17) is 4.74 Å².